The summed E-state index contributed by atoms with van der Waals surface area (Å²) in [5.41, 5.74) is 0.460. The molecule has 0 saturated carbocycles. The number of rotatable bonds is 9. The van der Waals surface area contributed by atoms with E-state index in [1.54, 1.807) is 12.1 Å². The minimum atomic E-state index is -3.85. The number of hydrogen-bond acceptors (Lipinski definition) is 5. The molecule has 0 saturated heterocycles. The van der Waals surface area contributed by atoms with Crippen LogP contribution in [-0.4, -0.2) is 53.3 Å². The smallest absolute Gasteiger partial charge is 0.253 e. The van der Waals surface area contributed by atoms with Gasteiger partial charge in [-0.05, 0) is 30.3 Å². The van der Waals surface area contributed by atoms with Crippen LogP contribution in [0.5, 0.6) is 0 Å². The molecule has 0 heterocycles. The first-order chi connectivity index (χ1) is 13.7. The first-order valence-electron chi connectivity index (χ1n) is 8.61. The van der Waals surface area contributed by atoms with Crippen LogP contribution in [0.15, 0.2) is 48.5 Å². The van der Waals surface area contributed by atoms with E-state index >= 15 is 0 Å². The van der Waals surface area contributed by atoms with E-state index < -0.39 is 34.2 Å². The number of halogens is 1. The third-order valence-electron chi connectivity index (χ3n) is 3.82. The molecule has 0 aliphatic carbocycles. The molecule has 0 atom stereocenters. The van der Waals surface area contributed by atoms with Gasteiger partial charge >= 0.3 is 0 Å². The molecule has 0 aliphatic heterocycles. The van der Waals surface area contributed by atoms with E-state index in [4.69, 9.17) is 4.74 Å². The summed E-state index contributed by atoms with van der Waals surface area (Å²) in [5.74, 6) is -1.73. The van der Waals surface area contributed by atoms with Gasteiger partial charge < -0.3 is 15.4 Å². The maximum absolute atomic E-state index is 13.5. The number of nitrogens with one attached hydrogen (secondary N) is 2. The summed E-state index contributed by atoms with van der Waals surface area (Å²) >= 11 is 0. The van der Waals surface area contributed by atoms with Crippen molar-refractivity contribution >= 4 is 33.2 Å². The predicted octanol–water partition coefficient (Wildman–Crippen LogP) is 1.61. The summed E-state index contributed by atoms with van der Waals surface area (Å²) in [5, 5.41) is 5.19. The third kappa shape index (κ3) is 6.54. The summed E-state index contributed by atoms with van der Waals surface area (Å²) in [6, 6.07) is 11.2. The molecule has 2 aromatic carbocycles. The van der Waals surface area contributed by atoms with Gasteiger partial charge in [-0.15, -0.1) is 0 Å². The number of para-hydroxylation sites is 1. The lowest BCUT2D eigenvalue weighted by Crippen LogP contribution is -2.38. The first kappa shape index (κ1) is 22.3. The van der Waals surface area contributed by atoms with Crippen LogP contribution in [0.25, 0.3) is 0 Å². The molecule has 8 nitrogen and oxygen atoms in total. The molecular formula is C19H22FN3O5S. The number of ether oxygens (including phenoxy) is 1. The molecule has 0 aliphatic rings. The van der Waals surface area contributed by atoms with E-state index in [2.05, 4.69) is 10.6 Å². The summed E-state index contributed by atoms with van der Waals surface area (Å²) < 4.78 is 43.4. The van der Waals surface area contributed by atoms with Gasteiger partial charge in [-0.25, -0.2) is 12.8 Å². The standard InChI is InChI=1S/C19H22FN3O5S/c1-28-11-10-21-19(25)16-8-3-4-9-17(16)22-18(24)13-23(29(2,26)27)15-7-5-6-14(20)12-15/h3-9,12H,10-11,13H2,1-2H3,(H,21,25)(H,22,24). The largest absolute Gasteiger partial charge is 0.383 e. The lowest BCUT2D eigenvalue weighted by atomic mass is 10.1. The highest BCUT2D eigenvalue weighted by atomic mass is 32.2. The van der Waals surface area contributed by atoms with Crippen LogP contribution >= 0.6 is 0 Å². The van der Waals surface area contributed by atoms with Crippen molar-refractivity contribution in [3.8, 4) is 0 Å². The molecule has 2 aromatic rings. The van der Waals surface area contributed by atoms with Crippen molar-refractivity contribution in [2.75, 3.05) is 42.7 Å². The fraction of sp³-hybridized carbons (Fsp3) is 0.263. The number of anilines is 2. The summed E-state index contributed by atoms with van der Waals surface area (Å²) in [7, 11) is -2.34. The van der Waals surface area contributed by atoms with Crippen molar-refractivity contribution in [3.05, 3.63) is 59.9 Å². The van der Waals surface area contributed by atoms with Crippen LogP contribution in [0.3, 0.4) is 0 Å². The third-order valence-corrected chi connectivity index (χ3v) is 4.96. The van der Waals surface area contributed by atoms with Gasteiger partial charge in [-0.3, -0.25) is 13.9 Å². The van der Waals surface area contributed by atoms with Crippen molar-refractivity contribution < 1.29 is 27.1 Å². The van der Waals surface area contributed by atoms with Crippen molar-refractivity contribution in [3.63, 3.8) is 0 Å². The second-order valence-electron chi connectivity index (χ2n) is 6.09. The van der Waals surface area contributed by atoms with E-state index in [0.29, 0.717) is 13.2 Å². The molecule has 10 heteroatoms. The molecule has 0 fully saturated rings. The maximum Gasteiger partial charge on any atom is 0.253 e. The number of carbonyl (C=O) groups is 2. The molecule has 2 amide bonds. The number of methoxy groups -OCH3 is 1. The van der Waals surface area contributed by atoms with Crippen LogP contribution in [0.1, 0.15) is 10.4 Å². The summed E-state index contributed by atoms with van der Waals surface area (Å²) in [6.45, 7) is 0.0399. The van der Waals surface area contributed by atoms with E-state index in [1.807, 2.05) is 0 Å². The number of hydrogen-bond donors (Lipinski definition) is 2. The molecule has 2 rings (SSSR count). The summed E-state index contributed by atoms with van der Waals surface area (Å²) in [4.78, 5) is 24.8. The van der Waals surface area contributed by atoms with Gasteiger partial charge in [0.25, 0.3) is 5.91 Å². The molecular weight excluding hydrogens is 401 g/mol. The lowest BCUT2D eigenvalue weighted by Gasteiger charge is -2.22. The number of amides is 2. The molecule has 0 spiro atoms. The number of sulfonamides is 1. The van der Waals surface area contributed by atoms with E-state index in [-0.39, 0.29) is 16.9 Å². The van der Waals surface area contributed by atoms with Gasteiger partial charge in [0, 0.05) is 13.7 Å². The number of benzene rings is 2. The average Bonchev–Trinajstić information content (AvgIpc) is 2.65. The highest BCUT2D eigenvalue weighted by Gasteiger charge is 2.22. The summed E-state index contributed by atoms with van der Waals surface area (Å²) in [6.07, 6.45) is 0.919. The second-order valence-corrected chi connectivity index (χ2v) is 8.00. The Kier molecular flexibility index (Phi) is 7.68. The Balaban J connectivity index is 2.18. The Morgan fingerprint density at radius 3 is 2.52 bits per heavy atom. The molecule has 0 radical (unpaired) electrons. The molecule has 29 heavy (non-hydrogen) atoms. The minimum absolute atomic E-state index is 0.0215. The van der Waals surface area contributed by atoms with Gasteiger partial charge in [-0.2, -0.15) is 0 Å². The van der Waals surface area contributed by atoms with Gasteiger partial charge in [0.05, 0.1) is 29.8 Å². The molecule has 2 N–H and O–H groups in total. The quantitative estimate of drug-likeness (QED) is 0.596. The Hall–Kier alpha value is -2.98. The lowest BCUT2D eigenvalue weighted by molar-refractivity contribution is -0.114. The molecule has 0 aromatic heterocycles. The van der Waals surface area contributed by atoms with Gasteiger partial charge in [0.15, 0.2) is 0 Å². The number of carbonyl (C=O) groups excluding carboxylic acids is 2. The highest BCUT2D eigenvalue weighted by Crippen LogP contribution is 2.20. The van der Waals surface area contributed by atoms with E-state index in [0.717, 1.165) is 16.6 Å². The second kappa shape index (κ2) is 9.99. The Morgan fingerprint density at radius 2 is 1.86 bits per heavy atom. The highest BCUT2D eigenvalue weighted by molar-refractivity contribution is 7.92. The van der Waals surface area contributed by atoms with Crippen molar-refractivity contribution in [1.29, 1.82) is 0 Å². The first-order valence-corrected chi connectivity index (χ1v) is 10.5. The zero-order valence-corrected chi connectivity index (χ0v) is 16.8. The van der Waals surface area contributed by atoms with Crippen molar-refractivity contribution in [1.82, 2.24) is 5.32 Å². The van der Waals surface area contributed by atoms with Crippen molar-refractivity contribution in [2.24, 2.45) is 0 Å². The van der Waals surface area contributed by atoms with Crippen LogP contribution in [0.4, 0.5) is 15.8 Å². The average molecular weight is 423 g/mol. The monoisotopic (exact) mass is 423 g/mol. The topological polar surface area (TPSA) is 105 Å². The Morgan fingerprint density at radius 1 is 1.14 bits per heavy atom. The van der Waals surface area contributed by atoms with Crippen LogP contribution < -0.4 is 14.9 Å². The van der Waals surface area contributed by atoms with Crippen LogP contribution in [0.2, 0.25) is 0 Å². The predicted molar refractivity (Wildman–Crippen MR) is 108 cm³/mol. The molecule has 156 valence electrons. The zero-order chi connectivity index (χ0) is 21.4. The van der Waals surface area contributed by atoms with E-state index in [9.17, 15) is 22.4 Å². The Bertz CT molecular complexity index is 981. The molecule has 0 unspecified atom stereocenters. The van der Waals surface area contributed by atoms with Crippen LogP contribution in [-0.2, 0) is 19.6 Å². The minimum Gasteiger partial charge on any atom is -0.383 e. The van der Waals surface area contributed by atoms with Crippen LogP contribution in [0, 0.1) is 5.82 Å². The normalized spacial score (nSPS) is 11.0. The maximum atomic E-state index is 13.5. The Labute approximate surface area is 168 Å². The van der Waals surface area contributed by atoms with Gasteiger partial charge in [-0.1, -0.05) is 18.2 Å². The number of nitrogens with zero attached hydrogens (tertiary/aromatic N) is 1. The fourth-order valence-electron chi connectivity index (χ4n) is 2.50. The molecule has 0 bridgehead atoms. The zero-order valence-electron chi connectivity index (χ0n) is 16.0. The van der Waals surface area contributed by atoms with Gasteiger partial charge in [0.2, 0.25) is 15.9 Å². The van der Waals surface area contributed by atoms with Gasteiger partial charge in [0.1, 0.15) is 12.4 Å². The van der Waals surface area contributed by atoms with Crippen molar-refractivity contribution in [2.45, 2.75) is 0 Å². The SMILES string of the molecule is COCCNC(=O)c1ccccc1NC(=O)CN(c1cccc(F)c1)S(C)(=O)=O. The fourth-order valence-corrected chi connectivity index (χ4v) is 3.35. The van der Waals surface area contributed by atoms with E-state index in [1.165, 1.54) is 37.4 Å².